The summed E-state index contributed by atoms with van der Waals surface area (Å²) < 4.78 is 8.06. The van der Waals surface area contributed by atoms with Gasteiger partial charge in [-0.05, 0) is 162 Å². The number of anilines is 2. The van der Waals surface area contributed by atoms with Crippen molar-refractivity contribution < 1.29 is 28.7 Å². The first-order valence-electron chi connectivity index (χ1n) is 25.9. The van der Waals surface area contributed by atoms with Crippen molar-refractivity contribution in [3.63, 3.8) is 0 Å². The molecule has 7 aliphatic rings. The normalized spacial score (nSPS) is 23.2. The number of nitrogens with one attached hydrogen (secondary N) is 2. The van der Waals surface area contributed by atoms with Crippen LogP contribution in [0.2, 0.25) is 0 Å². The molecule has 2 atom stereocenters. The summed E-state index contributed by atoms with van der Waals surface area (Å²) in [5.74, 6) is 2.68. The van der Waals surface area contributed by atoms with Crippen molar-refractivity contribution in [1.82, 2.24) is 34.7 Å². The van der Waals surface area contributed by atoms with Crippen molar-refractivity contribution in [2.24, 2.45) is 23.5 Å². The summed E-state index contributed by atoms with van der Waals surface area (Å²) in [5, 5.41) is 10.9. The van der Waals surface area contributed by atoms with E-state index in [1.807, 2.05) is 66.7 Å². The van der Waals surface area contributed by atoms with E-state index >= 15 is 0 Å². The fraction of sp³-hybridized carbons (Fsp3) is 0.519. The number of amides is 6. The van der Waals surface area contributed by atoms with Crippen molar-refractivity contribution >= 4 is 41.2 Å². The molecule has 16 heteroatoms. The van der Waals surface area contributed by atoms with E-state index in [-0.39, 0.29) is 36.2 Å². The highest BCUT2D eigenvalue weighted by Gasteiger charge is 2.41. The predicted octanol–water partition coefficient (Wildman–Crippen LogP) is 6.87. The topological polar surface area (TPSA) is 179 Å². The molecule has 5 fully saturated rings. The number of hydrogen-bond donors (Lipinski definition) is 3. The maximum absolute atomic E-state index is 13.8. The Labute approximate surface area is 409 Å². The van der Waals surface area contributed by atoms with Gasteiger partial charge in [0, 0.05) is 81.6 Å². The van der Waals surface area contributed by atoms with Crippen molar-refractivity contribution in [1.29, 1.82) is 0 Å². The molecule has 0 spiro atoms. The standard InChI is InChI=1S/C54H66N10O6/c55-50(66)48-49(38-6-9-43(10-7-38)70-42-4-2-1-3-5-42)58-64-45(14-23-56-51(48)64)37-19-28-59(29-20-37)40-21-30-62(31-22-40)54(69)61-26-17-36(18-27-61)32-35-15-24-60(25-16-35)41-8-11-44-39(33-41)34-63(53(44)68)46-12-13-47(65)57-52(46)67/h1-11,33,35-37,40,45-46,56H,12-32,34H2,(H2,55,66)(H,57,65,67)/t45-,46?/m0/s1. The number of hydrogen-bond acceptors (Lipinski definition) is 10. The molecule has 0 bridgehead atoms. The van der Waals surface area contributed by atoms with E-state index in [1.54, 1.807) is 4.90 Å². The number of rotatable bonds is 10. The molecule has 4 aromatic rings. The highest BCUT2D eigenvalue weighted by Crippen LogP contribution is 2.41. The maximum Gasteiger partial charge on any atom is 0.319 e. The number of nitrogens with zero attached hydrogens (tertiary/aromatic N) is 7. The van der Waals surface area contributed by atoms with Gasteiger partial charge in [0.05, 0.1) is 6.04 Å². The number of primary amides is 1. The number of carbonyl (C=O) groups excluding carboxylic acids is 5. The Morgan fingerprint density at radius 2 is 1.40 bits per heavy atom. The first-order chi connectivity index (χ1) is 34.1. The number of para-hydroxylation sites is 1. The van der Waals surface area contributed by atoms with Crippen LogP contribution >= 0.6 is 0 Å². The molecule has 16 nitrogen and oxygen atoms in total. The molecule has 0 saturated carbocycles. The molecule has 1 aromatic heterocycles. The van der Waals surface area contributed by atoms with E-state index in [0.717, 1.165) is 145 Å². The van der Waals surface area contributed by atoms with Crippen molar-refractivity contribution in [2.45, 2.75) is 102 Å². The summed E-state index contributed by atoms with van der Waals surface area (Å²) in [4.78, 5) is 75.1. The number of fused-ring (bicyclic) bond motifs is 2. The smallest absolute Gasteiger partial charge is 0.319 e. The molecule has 1 unspecified atom stereocenters. The van der Waals surface area contributed by atoms with E-state index in [2.05, 4.69) is 41.0 Å². The Morgan fingerprint density at radius 3 is 2.09 bits per heavy atom. The Morgan fingerprint density at radius 1 is 0.729 bits per heavy atom. The largest absolute Gasteiger partial charge is 0.457 e. The molecule has 3 aromatic carbocycles. The van der Waals surface area contributed by atoms with Gasteiger partial charge in [-0.25, -0.2) is 9.48 Å². The second kappa shape index (κ2) is 19.8. The van der Waals surface area contributed by atoms with Crippen LogP contribution in [0.5, 0.6) is 11.5 Å². The predicted molar refractivity (Wildman–Crippen MR) is 265 cm³/mol. The number of benzene rings is 3. The third-order valence-electron chi connectivity index (χ3n) is 16.7. The number of urea groups is 1. The first kappa shape index (κ1) is 46.0. The average Bonchev–Trinajstić information content (AvgIpc) is 3.95. The van der Waals surface area contributed by atoms with Gasteiger partial charge in [0.25, 0.3) is 11.8 Å². The van der Waals surface area contributed by atoms with Gasteiger partial charge in [0.1, 0.15) is 34.6 Å². The van der Waals surface area contributed by atoms with Crippen LogP contribution in [0.15, 0.2) is 72.8 Å². The fourth-order valence-corrected chi connectivity index (χ4v) is 12.8. The third kappa shape index (κ3) is 9.34. The van der Waals surface area contributed by atoms with E-state index in [9.17, 15) is 24.0 Å². The van der Waals surface area contributed by atoms with Gasteiger partial charge < -0.3 is 40.3 Å². The molecule has 8 heterocycles. The summed E-state index contributed by atoms with van der Waals surface area (Å²) in [6, 6.07) is 23.7. The first-order valence-corrected chi connectivity index (χ1v) is 25.9. The molecule has 7 aliphatic heterocycles. The molecule has 5 saturated heterocycles. The van der Waals surface area contributed by atoms with Gasteiger partial charge in [-0.15, -0.1) is 0 Å². The van der Waals surface area contributed by atoms with E-state index in [1.165, 1.54) is 6.42 Å². The molecule has 11 rings (SSSR count). The summed E-state index contributed by atoms with van der Waals surface area (Å²) >= 11 is 0. The lowest BCUT2D eigenvalue weighted by molar-refractivity contribution is -0.136. The quantitative estimate of drug-likeness (QED) is 0.142. The molecule has 4 N–H and O–H groups in total. The van der Waals surface area contributed by atoms with Crippen molar-refractivity contribution in [3.05, 3.63) is 89.5 Å². The number of carbonyl (C=O) groups is 5. The van der Waals surface area contributed by atoms with Gasteiger partial charge in [-0.2, -0.15) is 5.10 Å². The average molecular weight is 951 g/mol. The van der Waals surface area contributed by atoms with E-state index in [0.29, 0.717) is 59.3 Å². The number of imide groups is 1. The van der Waals surface area contributed by atoms with Gasteiger partial charge in [0.2, 0.25) is 11.8 Å². The zero-order chi connectivity index (χ0) is 47.9. The zero-order valence-corrected chi connectivity index (χ0v) is 40.1. The summed E-state index contributed by atoms with van der Waals surface area (Å²) in [6.07, 6.45) is 11.3. The Balaban J connectivity index is 0.610. The third-order valence-corrected chi connectivity index (χ3v) is 16.7. The molecule has 0 aliphatic carbocycles. The van der Waals surface area contributed by atoms with Crippen LogP contribution in [-0.2, 0) is 16.1 Å². The number of aromatic nitrogens is 2. The van der Waals surface area contributed by atoms with Gasteiger partial charge >= 0.3 is 6.03 Å². The van der Waals surface area contributed by atoms with Crippen LogP contribution in [-0.4, -0.2) is 130 Å². The van der Waals surface area contributed by atoms with Crippen molar-refractivity contribution in [2.75, 3.05) is 69.1 Å². The van der Waals surface area contributed by atoms with Crippen LogP contribution in [0.25, 0.3) is 11.3 Å². The van der Waals surface area contributed by atoms with Crippen LogP contribution < -0.4 is 26.0 Å². The molecular weight excluding hydrogens is 885 g/mol. The highest BCUT2D eigenvalue weighted by atomic mass is 16.5. The number of likely N-dealkylation sites (tertiary alicyclic amines) is 3. The molecule has 368 valence electrons. The summed E-state index contributed by atoms with van der Waals surface area (Å²) in [6.45, 7) is 8.47. The SMILES string of the molecule is NC(=O)c1c(-c2ccc(Oc3ccccc3)cc2)nn2c1NCC[C@H]2C1CCN(C2CCN(C(=O)N3CCC(CC4CCN(c5ccc6c(c5)CN(C5CCC(=O)NC5=O)C6=O)CC4)CC3)CC2)CC1. The number of nitrogens with two attached hydrogens (primary N) is 1. The minimum Gasteiger partial charge on any atom is -0.457 e. The second-order valence-corrected chi connectivity index (χ2v) is 20.8. The Hall–Kier alpha value is -6.42. The van der Waals surface area contributed by atoms with Gasteiger partial charge in [0.15, 0.2) is 0 Å². The highest BCUT2D eigenvalue weighted by molar-refractivity contribution is 6.06. The molecular formula is C54H66N10O6. The fourth-order valence-electron chi connectivity index (χ4n) is 12.8. The van der Waals surface area contributed by atoms with E-state index in [4.69, 9.17) is 15.6 Å². The number of ether oxygens (including phenoxy) is 1. The minimum absolute atomic E-state index is 0.132. The minimum atomic E-state index is -0.600. The van der Waals surface area contributed by atoms with Gasteiger partial charge in [-0.1, -0.05) is 18.2 Å². The van der Waals surface area contributed by atoms with E-state index < -0.39 is 11.9 Å². The monoisotopic (exact) mass is 951 g/mol. The zero-order valence-electron chi connectivity index (χ0n) is 40.1. The van der Waals surface area contributed by atoms with Crippen molar-refractivity contribution in [3.8, 4) is 22.8 Å². The maximum atomic E-state index is 13.8. The van der Waals surface area contributed by atoms with Crippen LogP contribution in [0.4, 0.5) is 16.3 Å². The molecule has 0 radical (unpaired) electrons. The summed E-state index contributed by atoms with van der Waals surface area (Å²) in [5.41, 5.74) is 10.6. The summed E-state index contributed by atoms with van der Waals surface area (Å²) in [7, 11) is 0. The number of piperidine rings is 5. The Kier molecular flexibility index (Phi) is 13.0. The lowest BCUT2D eigenvalue weighted by Gasteiger charge is -2.44. The van der Waals surface area contributed by atoms with Gasteiger partial charge in [-0.3, -0.25) is 24.5 Å². The lowest BCUT2D eigenvalue weighted by Crippen LogP contribution is -2.53. The van der Waals surface area contributed by atoms with Crippen LogP contribution in [0.3, 0.4) is 0 Å². The second-order valence-electron chi connectivity index (χ2n) is 20.8. The molecule has 70 heavy (non-hydrogen) atoms. The Bertz CT molecular complexity index is 2590. The van der Waals surface area contributed by atoms with Crippen LogP contribution in [0, 0.1) is 17.8 Å². The van der Waals surface area contributed by atoms with Crippen LogP contribution in [0.1, 0.15) is 109 Å². The molecule has 6 amide bonds. The lowest BCUT2D eigenvalue weighted by atomic mass is 9.82.